The van der Waals surface area contributed by atoms with E-state index < -0.39 is 5.82 Å². The summed E-state index contributed by atoms with van der Waals surface area (Å²) in [6.45, 7) is 6.89. The largest absolute Gasteiger partial charge is 0.438 e. The van der Waals surface area contributed by atoms with Crippen LogP contribution in [-0.2, 0) is 13.0 Å². The van der Waals surface area contributed by atoms with Gasteiger partial charge in [-0.05, 0) is 49.9 Å². The van der Waals surface area contributed by atoms with E-state index in [0.29, 0.717) is 36.5 Å². The summed E-state index contributed by atoms with van der Waals surface area (Å²) in [5.74, 6) is 1.69. The molecule has 0 radical (unpaired) electrons. The highest BCUT2D eigenvalue weighted by Gasteiger charge is 2.30. The molecule has 0 unspecified atom stereocenters. The highest BCUT2D eigenvalue weighted by atomic mass is 19.1. The van der Waals surface area contributed by atoms with Crippen molar-refractivity contribution in [2.24, 2.45) is 5.92 Å². The Bertz CT molecular complexity index is 1190. The molecule has 3 aromatic rings. The summed E-state index contributed by atoms with van der Waals surface area (Å²) in [6.07, 6.45) is 2.79. The Labute approximate surface area is 199 Å². The molecule has 3 heterocycles. The quantitative estimate of drug-likeness (QED) is 0.539. The average molecular weight is 461 g/mol. The SMILES string of the molecule is Cc1ccc(Oc2nc(N3CCC(C)CC3)nc3c2CN(C(=O)c2ccccc2F)CC3)cc1. The number of aromatic nitrogens is 2. The fourth-order valence-corrected chi connectivity index (χ4v) is 4.50. The number of anilines is 1. The molecular weight excluding hydrogens is 431 g/mol. The van der Waals surface area contributed by atoms with E-state index in [4.69, 9.17) is 14.7 Å². The number of fused-ring (bicyclic) bond motifs is 1. The number of aryl methyl sites for hydroxylation is 1. The van der Waals surface area contributed by atoms with Crippen LogP contribution in [0.3, 0.4) is 0 Å². The van der Waals surface area contributed by atoms with Crippen molar-refractivity contribution < 1.29 is 13.9 Å². The van der Waals surface area contributed by atoms with Gasteiger partial charge in [0.25, 0.3) is 5.91 Å². The van der Waals surface area contributed by atoms with Crippen molar-refractivity contribution in [3.8, 4) is 11.6 Å². The summed E-state index contributed by atoms with van der Waals surface area (Å²) < 4.78 is 20.5. The van der Waals surface area contributed by atoms with E-state index >= 15 is 0 Å². The fourth-order valence-electron chi connectivity index (χ4n) is 4.50. The van der Waals surface area contributed by atoms with Gasteiger partial charge in [-0.3, -0.25) is 4.79 Å². The molecule has 1 aromatic heterocycles. The van der Waals surface area contributed by atoms with Crippen LogP contribution >= 0.6 is 0 Å². The normalized spacial score (nSPS) is 16.3. The Morgan fingerprint density at radius 2 is 1.76 bits per heavy atom. The predicted octanol–water partition coefficient (Wildman–Crippen LogP) is 5.15. The van der Waals surface area contributed by atoms with E-state index in [2.05, 4.69) is 11.8 Å². The van der Waals surface area contributed by atoms with Crippen LogP contribution in [0.4, 0.5) is 10.3 Å². The third-order valence-corrected chi connectivity index (χ3v) is 6.70. The Balaban J connectivity index is 1.48. The van der Waals surface area contributed by atoms with Crippen molar-refractivity contribution in [1.82, 2.24) is 14.9 Å². The van der Waals surface area contributed by atoms with Crippen LogP contribution in [-0.4, -0.2) is 40.4 Å². The van der Waals surface area contributed by atoms with Crippen LogP contribution in [0.1, 0.15) is 46.9 Å². The number of carbonyl (C=O) groups is 1. The van der Waals surface area contributed by atoms with Gasteiger partial charge in [-0.1, -0.05) is 36.8 Å². The van der Waals surface area contributed by atoms with Crippen molar-refractivity contribution in [2.45, 2.75) is 39.7 Å². The molecule has 1 fully saturated rings. The Morgan fingerprint density at radius 1 is 1.03 bits per heavy atom. The second kappa shape index (κ2) is 9.41. The van der Waals surface area contributed by atoms with Crippen molar-refractivity contribution in [3.63, 3.8) is 0 Å². The molecule has 2 aliphatic rings. The summed E-state index contributed by atoms with van der Waals surface area (Å²) >= 11 is 0. The van der Waals surface area contributed by atoms with Crippen LogP contribution in [0, 0.1) is 18.7 Å². The number of rotatable bonds is 4. The molecule has 0 spiro atoms. The van der Waals surface area contributed by atoms with E-state index in [9.17, 15) is 9.18 Å². The van der Waals surface area contributed by atoms with Gasteiger partial charge in [-0.15, -0.1) is 0 Å². The third kappa shape index (κ3) is 4.60. The molecule has 34 heavy (non-hydrogen) atoms. The number of halogens is 1. The Hall–Kier alpha value is -3.48. The van der Waals surface area contributed by atoms with Crippen LogP contribution < -0.4 is 9.64 Å². The third-order valence-electron chi connectivity index (χ3n) is 6.70. The van der Waals surface area contributed by atoms with E-state index in [-0.39, 0.29) is 18.0 Å². The summed E-state index contributed by atoms with van der Waals surface area (Å²) in [7, 11) is 0. The lowest BCUT2D eigenvalue weighted by Gasteiger charge is -2.33. The van der Waals surface area contributed by atoms with Gasteiger partial charge in [-0.2, -0.15) is 4.98 Å². The lowest BCUT2D eigenvalue weighted by atomic mass is 9.99. The minimum Gasteiger partial charge on any atom is -0.438 e. The van der Waals surface area contributed by atoms with Crippen molar-refractivity contribution in [1.29, 1.82) is 0 Å². The number of carbonyl (C=O) groups excluding carboxylic acids is 1. The first-order valence-electron chi connectivity index (χ1n) is 11.9. The highest BCUT2D eigenvalue weighted by molar-refractivity contribution is 5.94. The molecule has 0 aliphatic carbocycles. The number of hydrogen-bond donors (Lipinski definition) is 0. The maximum absolute atomic E-state index is 14.3. The smallest absolute Gasteiger partial charge is 0.257 e. The highest BCUT2D eigenvalue weighted by Crippen LogP contribution is 2.33. The van der Waals surface area contributed by atoms with Gasteiger partial charge < -0.3 is 14.5 Å². The van der Waals surface area contributed by atoms with Crippen LogP contribution in [0.15, 0.2) is 48.5 Å². The summed E-state index contributed by atoms with van der Waals surface area (Å²) in [5, 5.41) is 0. The molecule has 0 N–H and O–H groups in total. The maximum atomic E-state index is 14.3. The molecule has 1 saturated heterocycles. The van der Waals surface area contributed by atoms with Gasteiger partial charge in [0.05, 0.1) is 23.4 Å². The number of amides is 1. The zero-order chi connectivity index (χ0) is 23.7. The van der Waals surface area contributed by atoms with E-state index in [0.717, 1.165) is 42.8 Å². The minimum atomic E-state index is -0.514. The van der Waals surface area contributed by atoms with Gasteiger partial charge in [-0.25, -0.2) is 9.37 Å². The van der Waals surface area contributed by atoms with Gasteiger partial charge >= 0.3 is 0 Å². The van der Waals surface area contributed by atoms with Crippen LogP contribution in [0.25, 0.3) is 0 Å². The van der Waals surface area contributed by atoms with Crippen LogP contribution in [0.5, 0.6) is 11.6 Å². The number of piperidine rings is 1. The summed E-state index contributed by atoms with van der Waals surface area (Å²) in [6, 6.07) is 13.9. The summed E-state index contributed by atoms with van der Waals surface area (Å²) in [5.41, 5.74) is 2.89. The first kappa shape index (κ1) is 22.3. The van der Waals surface area contributed by atoms with E-state index in [1.165, 1.54) is 12.1 Å². The molecule has 6 nitrogen and oxygen atoms in total. The molecule has 2 aliphatic heterocycles. The average Bonchev–Trinajstić information content (AvgIpc) is 2.85. The topological polar surface area (TPSA) is 58.6 Å². The lowest BCUT2D eigenvalue weighted by Crippen LogP contribution is -2.38. The number of ether oxygens (including phenoxy) is 1. The zero-order valence-corrected chi connectivity index (χ0v) is 19.6. The standard InChI is InChI=1S/C27H29FN4O2/c1-18-7-9-20(10-8-18)34-25-22-17-32(26(33)21-5-3-4-6-23(21)28)16-13-24(22)29-27(30-25)31-14-11-19(2)12-15-31/h3-10,19H,11-17H2,1-2H3. The number of benzene rings is 2. The maximum Gasteiger partial charge on any atom is 0.257 e. The van der Waals surface area contributed by atoms with E-state index in [1.54, 1.807) is 17.0 Å². The minimum absolute atomic E-state index is 0.0759. The molecule has 2 aromatic carbocycles. The number of hydrogen-bond acceptors (Lipinski definition) is 5. The van der Waals surface area contributed by atoms with Gasteiger partial charge in [0.15, 0.2) is 0 Å². The zero-order valence-electron chi connectivity index (χ0n) is 19.6. The molecule has 0 bridgehead atoms. The van der Waals surface area contributed by atoms with Gasteiger partial charge in [0.1, 0.15) is 11.6 Å². The molecule has 176 valence electrons. The molecule has 0 saturated carbocycles. The molecule has 0 atom stereocenters. The summed E-state index contributed by atoms with van der Waals surface area (Å²) in [4.78, 5) is 26.6. The van der Waals surface area contributed by atoms with Gasteiger partial charge in [0, 0.05) is 26.1 Å². The van der Waals surface area contributed by atoms with Crippen molar-refractivity contribution in [3.05, 3.63) is 76.7 Å². The monoisotopic (exact) mass is 460 g/mol. The predicted molar refractivity (Wildman–Crippen MR) is 129 cm³/mol. The molecule has 5 rings (SSSR count). The second-order valence-electron chi connectivity index (χ2n) is 9.30. The fraction of sp³-hybridized carbons (Fsp3) is 0.370. The van der Waals surface area contributed by atoms with Crippen molar-refractivity contribution >= 4 is 11.9 Å². The lowest BCUT2D eigenvalue weighted by molar-refractivity contribution is 0.0727. The second-order valence-corrected chi connectivity index (χ2v) is 9.30. The Morgan fingerprint density at radius 3 is 2.50 bits per heavy atom. The number of nitrogens with zero attached hydrogens (tertiary/aromatic N) is 4. The van der Waals surface area contributed by atoms with Crippen LogP contribution in [0.2, 0.25) is 0 Å². The molecule has 7 heteroatoms. The van der Waals surface area contributed by atoms with E-state index in [1.807, 2.05) is 31.2 Å². The molecular formula is C27H29FN4O2. The van der Waals surface area contributed by atoms with Crippen molar-refractivity contribution in [2.75, 3.05) is 24.5 Å². The van der Waals surface area contributed by atoms with Gasteiger partial charge in [0.2, 0.25) is 11.8 Å². The Kier molecular flexibility index (Phi) is 6.18. The first-order valence-corrected chi connectivity index (χ1v) is 11.9. The molecule has 1 amide bonds. The first-order chi connectivity index (χ1) is 16.5.